The van der Waals surface area contributed by atoms with E-state index < -0.39 is 0 Å². The largest absolute Gasteiger partial charge is 0.307 e. The lowest BCUT2D eigenvalue weighted by atomic mass is 10.2. The molecule has 11 heavy (non-hydrogen) atoms. The molecule has 1 aromatic rings. The lowest BCUT2D eigenvalue weighted by Gasteiger charge is -1.91. The van der Waals surface area contributed by atoms with Gasteiger partial charge in [-0.15, -0.1) is 0 Å². The summed E-state index contributed by atoms with van der Waals surface area (Å²) in [6.45, 7) is 2.00. The molecule has 1 fully saturated rings. The van der Waals surface area contributed by atoms with Crippen molar-refractivity contribution in [3.8, 4) is 0 Å². The minimum Gasteiger partial charge on any atom is -0.307 e. The van der Waals surface area contributed by atoms with Crippen LogP contribution in [-0.4, -0.2) is 11.8 Å². The van der Waals surface area contributed by atoms with Gasteiger partial charge in [0, 0.05) is 12.4 Å². The van der Waals surface area contributed by atoms with Crippen LogP contribution < -0.4 is 0 Å². The van der Waals surface area contributed by atoms with Crippen molar-refractivity contribution in [1.82, 2.24) is 4.98 Å². The molecule has 0 N–H and O–H groups in total. The van der Waals surface area contributed by atoms with Gasteiger partial charge in [-0.25, -0.2) is 0 Å². The van der Waals surface area contributed by atoms with Gasteiger partial charge in [0.25, 0.3) is 0 Å². The van der Waals surface area contributed by atoms with Gasteiger partial charge in [-0.2, -0.15) is 0 Å². The molecule has 0 aromatic carbocycles. The summed E-state index contributed by atoms with van der Waals surface area (Å²) in [6, 6.07) is 4.16. The van der Waals surface area contributed by atoms with E-state index in [0.29, 0.717) is 0 Å². The van der Waals surface area contributed by atoms with E-state index in [1.54, 1.807) is 0 Å². The maximum atomic E-state index is 8.00. The number of hydrogen-bond acceptors (Lipinski definition) is 2. The van der Waals surface area contributed by atoms with Crippen LogP contribution >= 0.6 is 0 Å². The van der Waals surface area contributed by atoms with Gasteiger partial charge in [-0.1, -0.05) is 6.07 Å². The standard InChI is InChI=1S/C8H9N.CH2O/c1-2-8(6-9-5-1)7-3-4-7;1-2/h1-2,5-7H,3-4H2;1H2. The van der Waals surface area contributed by atoms with Crippen molar-refractivity contribution >= 4 is 6.79 Å². The number of pyridine rings is 1. The van der Waals surface area contributed by atoms with Crippen molar-refractivity contribution in [1.29, 1.82) is 0 Å². The topological polar surface area (TPSA) is 30.0 Å². The molecule has 58 valence electrons. The number of nitrogens with zero attached hydrogens (tertiary/aromatic N) is 1. The Morgan fingerprint density at radius 2 is 2.18 bits per heavy atom. The van der Waals surface area contributed by atoms with Crippen LogP contribution in [0.25, 0.3) is 0 Å². The van der Waals surface area contributed by atoms with Crippen molar-refractivity contribution in [2.24, 2.45) is 0 Å². The fourth-order valence-corrected chi connectivity index (χ4v) is 1.03. The molecule has 0 spiro atoms. The molecule has 0 unspecified atom stereocenters. The molecule has 0 amide bonds. The van der Waals surface area contributed by atoms with E-state index in [2.05, 4.69) is 11.1 Å². The predicted octanol–water partition coefficient (Wildman–Crippen LogP) is 1.77. The van der Waals surface area contributed by atoms with Gasteiger partial charge in [0.2, 0.25) is 0 Å². The van der Waals surface area contributed by atoms with Gasteiger partial charge in [-0.05, 0) is 30.4 Å². The lowest BCUT2D eigenvalue weighted by Crippen LogP contribution is -1.77. The lowest BCUT2D eigenvalue weighted by molar-refractivity contribution is -0.0979. The Kier molecular flexibility index (Phi) is 2.78. The molecule has 2 rings (SSSR count). The van der Waals surface area contributed by atoms with Crippen molar-refractivity contribution in [3.05, 3.63) is 30.1 Å². The van der Waals surface area contributed by atoms with E-state index in [4.69, 9.17) is 4.79 Å². The highest BCUT2D eigenvalue weighted by Crippen LogP contribution is 2.39. The van der Waals surface area contributed by atoms with E-state index >= 15 is 0 Å². The normalized spacial score (nSPS) is 14.9. The second kappa shape index (κ2) is 3.86. The molecular weight excluding hydrogens is 138 g/mol. The number of aromatic nitrogens is 1. The molecule has 1 aromatic heterocycles. The number of hydrogen-bond donors (Lipinski definition) is 0. The highest BCUT2D eigenvalue weighted by atomic mass is 16.1. The highest BCUT2D eigenvalue weighted by Gasteiger charge is 2.22. The average Bonchev–Trinajstić information content (AvgIpc) is 2.92. The minimum atomic E-state index is 0.846. The van der Waals surface area contributed by atoms with Gasteiger partial charge in [0.15, 0.2) is 0 Å². The summed E-state index contributed by atoms with van der Waals surface area (Å²) in [5, 5.41) is 0. The summed E-state index contributed by atoms with van der Waals surface area (Å²) in [5.74, 6) is 0.846. The third kappa shape index (κ3) is 2.15. The third-order valence-corrected chi connectivity index (χ3v) is 1.73. The number of carbonyl (C=O) groups is 1. The molecule has 2 nitrogen and oxygen atoms in total. The quantitative estimate of drug-likeness (QED) is 0.609. The van der Waals surface area contributed by atoms with Crippen LogP contribution in [0.15, 0.2) is 24.5 Å². The molecule has 0 bridgehead atoms. The molecule has 0 atom stereocenters. The summed E-state index contributed by atoms with van der Waals surface area (Å²) in [5.41, 5.74) is 1.41. The maximum Gasteiger partial charge on any atom is 0.106 e. The fraction of sp³-hybridized carbons (Fsp3) is 0.333. The van der Waals surface area contributed by atoms with Crippen LogP contribution in [0.1, 0.15) is 24.3 Å². The van der Waals surface area contributed by atoms with E-state index in [1.807, 2.05) is 25.2 Å². The van der Waals surface area contributed by atoms with Crippen LogP contribution in [-0.2, 0) is 4.79 Å². The van der Waals surface area contributed by atoms with Gasteiger partial charge in [0.05, 0.1) is 0 Å². The Morgan fingerprint density at radius 1 is 1.45 bits per heavy atom. The van der Waals surface area contributed by atoms with Crippen LogP contribution in [0.2, 0.25) is 0 Å². The minimum absolute atomic E-state index is 0.846. The zero-order chi connectivity index (χ0) is 8.10. The van der Waals surface area contributed by atoms with Crippen LogP contribution in [0, 0.1) is 0 Å². The van der Waals surface area contributed by atoms with Gasteiger partial charge in [-0.3, -0.25) is 4.98 Å². The zero-order valence-corrected chi connectivity index (χ0v) is 6.36. The summed E-state index contributed by atoms with van der Waals surface area (Å²) in [4.78, 5) is 12.0. The van der Waals surface area contributed by atoms with E-state index in [1.165, 1.54) is 18.4 Å². The first-order valence-electron chi connectivity index (χ1n) is 3.65. The Morgan fingerprint density at radius 3 is 2.64 bits per heavy atom. The maximum absolute atomic E-state index is 8.00. The first-order valence-corrected chi connectivity index (χ1v) is 3.65. The van der Waals surface area contributed by atoms with E-state index in [-0.39, 0.29) is 0 Å². The highest BCUT2D eigenvalue weighted by molar-refractivity contribution is 5.18. The first kappa shape index (κ1) is 7.92. The molecule has 0 radical (unpaired) electrons. The molecular formula is C9H11NO. The Balaban J connectivity index is 0.000000281. The molecule has 1 saturated carbocycles. The van der Waals surface area contributed by atoms with Gasteiger partial charge >= 0.3 is 0 Å². The van der Waals surface area contributed by atoms with Crippen molar-refractivity contribution in [2.45, 2.75) is 18.8 Å². The molecule has 1 aliphatic rings. The van der Waals surface area contributed by atoms with E-state index in [9.17, 15) is 0 Å². The van der Waals surface area contributed by atoms with Crippen molar-refractivity contribution in [3.63, 3.8) is 0 Å². The third-order valence-electron chi connectivity index (χ3n) is 1.73. The Bertz CT molecular complexity index is 206. The second-order valence-corrected chi connectivity index (χ2v) is 2.56. The van der Waals surface area contributed by atoms with Crippen LogP contribution in [0.5, 0.6) is 0 Å². The summed E-state index contributed by atoms with van der Waals surface area (Å²) in [6.07, 6.45) is 6.53. The van der Waals surface area contributed by atoms with Gasteiger partial charge in [0.1, 0.15) is 6.79 Å². The molecule has 2 heteroatoms. The molecule has 1 heterocycles. The fourth-order valence-electron chi connectivity index (χ4n) is 1.03. The molecule has 1 aliphatic carbocycles. The second-order valence-electron chi connectivity index (χ2n) is 2.56. The Hall–Kier alpha value is -1.18. The molecule has 0 saturated heterocycles. The number of rotatable bonds is 1. The van der Waals surface area contributed by atoms with Crippen LogP contribution in [0.3, 0.4) is 0 Å². The van der Waals surface area contributed by atoms with Crippen LogP contribution in [0.4, 0.5) is 0 Å². The summed E-state index contributed by atoms with van der Waals surface area (Å²) < 4.78 is 0. The first-order chi connectivity index (χ1) is 5.47. The summed E-state index contributed by atoms with van der Waals surface area (Å²) in [7, 11) is 0. The van der Waals surface area contributed by atoms with Crippen molar-refractivity contribution in [2.75, 3.05) is 0 Å². The van der Waals surface area contributed by atoms with Crippen molar-refractivity contribution < 1.29 is 4.79 Å². The average molecular weight is 149 g/mol. The number of carbonyl (C=O) groups excluding carboxylic acids is 1. The monoisotopic (exact) mass is 149 g/mol. The zero-order valence-electron chi connectivity index (χ0n) is 6.36. The van der Waals surface area contributed by atoms with Gasteiger partial charge < -0.3 is 4.79 Å². The predicted molar refractivity (Wildman–Crippen MR) is 43.3 cm³/mol. The summed E-state index contributed by atoms with van der Waals surface area (Å²) >= 11 is 0. The molecule has 0 aliphatic heterocycles. The van der Waals surface area contributed by atoms with E-state index in [0.717, 1.165) is 5.92 Å². The SMILES string of the molecule is C=O.c1cncc(C2CC2)c1. The smallest absolute Gasteiger partial charge is 0.106 e. The Labute approximate surface area is 66.3 Å².